The smallest absolute Gasteiger partial charge is 0.191 e. The van der Waals surface area contributed by atoms with Gasteiger partial charge in [-0.05, 0) is 22.4 Å². The van der Waals surface area contributed by atoms with E-state index < -0.39 is 0 Å². The summed E-state index contributed by atoms with van der Waals surface area (Å²) >= 11 is 1.72. The van der Waals surface area contributed by atoms with Gasteiger partial charge in [-0.2, -0.15) is 11.3 Å². The molecule has 5 nitrogen and oxygen atoms in total. The summed E-state index contributed by atoms with van der Waals surface area (Å²) in [6, 6.07) is 2.12. The van der Waals surface area contributed by atoms with Crippen LogP contribution in [0.15, 0.2) is 21.8 Å². The fourth-order valence-electron chi connectivity index (χ4n) is 1.96. The van der Waals surface area contributed by atoms with Crippen LogP contribution in [0.2, 0.25) is 0 Å². The van der Waals surface area contributed by atoms with Gasteiger partial charge in [-0.3, -0.25) is 9.89 Å². The Morgan fingerprint density at radius 1 is 1.40 bits per heavy atom. The lowest BCUT2D eigenvalue weighted by Gasteiger charge is -2.26. The molecule has 0 aromatic carbocycles. The Kier molecular flexibility index (Phi) is 9.16. The lowest BCUT2D eigenvalue weighted by atomic mass is 10.3. The molecule has 0 saturated carbocycles. The average Bonchev–Trinajstić information content (AvgIpc) is 2.97. The van der Waals surface area contributed by atoms with Crippen LogP contribution in [0.4, 0.5) is 0 Å². The van der Waals surface area contributed by atoms with Crippen LogP contribution in [0.3, 0.4) is 0 Å². The fraction of sp³-hybridized carbons (Fsp3) is 0.615. The maximum Gasteiger partial charge on any atom is 0.191 e. The Bertz CT molecular complexity index is 380. The van der Waals surface area contributed by atoms with Crippen LogP contribution in [0.25, 0.3) is 0 Å². The third kappa shape index (κ3) is 6.38. The minimum Gasteiger partial charge on any atom is -0.379 e. The van der Waals surface area contributed by atoms with Crippen molar-refractivity contribution in [3.8, 4) is 0 Å². The molecule has 2 rings (SSSR count). The van der Waals surface area contributed by atoms with E-state index in [1.165, 1.54) is 5.56 Å². The third-order valence-corrected chi connectivity index (χ3v) is 3.82. The number of aliphatic imine (C=N–C) groups is 1. The molecule has 2 heterocycles. The second-order valence-corrected chi connectivity index (χ2v) is 5.22. The molecule has 0 amide bonds. The van der Waals surface area contributed by atoms with Gasteiger partial charge in [-0.25, -0.2) is 0 Å². The molecule has 0 spiro atoms. The number of halogens is 1. The molecule has 0 aliphatic carbocycles. The van der Waals surface area contributed by atoms with Crippen LogP contribution < -0.4 is 10.6 Å². The monoisotopic (exact) mass is 410 g/mol. The molecule has 0 atom stereocenters. The molecular formula is C13H23IN4OS. The van der Waals surface area contributed by atoms with Gasteiger partial charge < -0.3 is 15.4 Å². The number of thiophene rings is 1. The van der Waals surface area contributed by atoms with Crippen molar-refractivity contribution in [1.29, 1.82) is 0 Å². The maximum atomic E-state index is 5.33. The van der Waals surface area contributed by atoms with Gasteiger partial charge >= 0.3 is 0 Å². The first-order valence-electron chi connectivity index (χ1n) is 6.64. The number of nitrogens with zero attached hydrogens (tertiary/aromatic N) is 2. The lowest BCUT2D eigenvalue weighted by Crippen LogP contribution is -2.44. The standard InChI is InChI=1S/C13H22N4OS.HI/c1-14-13(16-10-12-2-9-19-11-12)15-3-4-17-5-7-18-8-6-17;/h2,9,11H,3-8,10H2,1H3,(H2,14,15,16);1H. The van der Waals surface area contributed by atoms with Crippen molar-refractivity contribution in [1.82, 2.24) is 15.5 Å². The highest BCUT2D eigenvalue weighted by molar-refractivity contribution is 14.0. The van der Waals surface area contributed by atoms with E-state index in [1.54, 1.807) is 18.4 Å². The Morgan fingerprint density at radius 3 is 2.85 bits per heavy atom. The minimum atomic E-state index is 0. The van der Waals surface area contributed by atoms with Crippen molar-refractivity contribution in [2.24, 2.45) is 4.99 Å². The Hall–Kier alpha value is -0.380. The van der Waals surface area contributed by atoms with Gasteiger partial charge in [0.2, 0.25) is 0 Å². The third-order valence-electron chi connectivity index (χ3n) is 3.09. The Labute approximate surface area is 141 Å². The van der Waals surface area contributed by atoms with E-state index in [0.717, 1.165) is 51.9 Å². The molecule has 0 unspecified atom stereocenters. The van der Waals surface area contributed by atoms with Gasteiger partial charge in [0, 0.05) is 39.8 Å². The van der Waals surface area contributed by atoms with Crippen molar-refractivity contribution >= 4 is 41.3 Å². The number of hydrogen-bond acceptors (Lipinski definition) is 4. The molecule has 0 bridgehead atoms. The van der Waals surface area contributed by atoms with Crippen LogP contribution in [-0.4, -0.2) is 57.3 Å². The topological polar surface area (TPSA) is 48.9 Å². The summed E-state index contributed by atoms with van der Waals surface area (Å²) in [5.41, 5.74) is 1.29. The summed E-state index contributed by atoms with van der Waals surface area (Å²) in [5.74, 6) is 0.861. The summed E-state index contributed by atoms with van der Waals surface area (Å²) in [6.07, 6.45) is 0. The van der Waals surface area contributed by atoms with E-state index >= 15 is 0 Å². The van der Waals surface area contributed by atoms with Crippen LogP contribution in [0.1, 0.15) is 5.56 Å². The summed E-state index contributed by atoms with van der Waals surface area (Å²) in [7, 11) is 1.80. The van der Waals surface area contributed by atoms with Gasteiger partial charge in [-0.1, -0.05) is 0 Å². The number of hydrogen-bond donors (Lipinski definition) is 2. The highest BCUT2D eigenvalue weighted by Crippen LogP contribution is 2.04. The molecule has 1 aromatic rings. The molecule has 1 fully saturated rings. The van der Waals surface area contributed by atoms with Gasteiger partial charge in [0.15, 0.2) is 5.96 Å². The number of rotatable bonds is 5. The predicted octanol–water partition coefficient (Wildman–Crippen LogP) is 1.36. The molecule has 1 aromatic heterocycles. The van der Waals surface area contributed by atoms with Gasteiger partial charge in [0.05, 0.1) is 13.2 Å². The number of morpholine rings is 1. The summed E-state index contributed by atoms with van der Waals surface area (Å²) in [4.78, 5) is 6.63. The summed E-state index contributed by atoms with van der Waals surface area (Å²) < 4.78 is 5.33. The SMILES string of the molecule is CN=C(NCCN1CCOCC1)NCc1ccsc1.I. The van der Waals surface area contributed by atoms with Crippen LogP contribution >= 0.6 is 35.3 Å². The molecule has 2 N–H and O–H groups in total. The molecule has 20 heavy (non-hydrogen) atoms. The van der Waals surface area contributed by atoms with Gasteiger partial charge in [0.25, 0.3) is 0 Å². The van der Waals surface area contributed by atoms with Crippen molar-refractivity contribution < 1.29 is 4.74 Å². The van der Waals surface area contributed by atoms with E-state index in [1.807, 2.05) is 0 Å². The van der Waals surface area contributed by atoms with E-state index in [4.69, 9.17) is 4.74 Å². The van der Waals surface area contributed by atoms with Crippen LogP contribution in [0.5, 0.6) is 0 Å². The van der Waals surface area contributed by atoms with Crippen molar-refractivity contribution in [2.75, 3.05) is 46.4 Å². The Balaban J connectivity index is 0.00000200. The molecule has 7 heteroatoms. The summed E-state index contributed by atoms with van der Waals surface area (Å²) in [6.45, 7) is 6.52. The summed E-state index contributed by atoms with van der Waals surface area (Å²) in [5, 5.41) is 10.9. The molecule has 0 radical (unpaired) electrons. The average molecular weight is 410 g/mol. The van der Waals surface area contributed by atoms with E-state index in [9.17, 15) is 0 Å². The highest BCUT2D eigenvalue weighted by Gasteiger charge is 2.09. The maximum absolute atomic E-state index is 5.33. The quantitative estimate of drug-likeness (QED) is 0.438. The highest BCUT2D eigenvalue weighted by atomic mass is 127. The van der Waals surface area contributed by atoms with E-state index in [-0.39, 0.29) is 24.0 Å². The van der Waals surface area contributed by atoms with Crippen molar-refractivity contribution in [3.63, 3.8) is 0 Å². The zero-order valence-corrected chi connectivity index (χ0v) is 14.9. The van der Waals surface area contributed by atoms with Gasteiger partial charge in [0.1, 0.15) is 0 Å². The van der Waals surface area contributed by atoms with Gasteiger partial charge in [-0.15, -0.1) is 24.0 Å². The first kappa shape index (κ1) is 17.7. The van der Waals surface area contributed by atoms with Crippen LogP contribution in [0, 0.1) is 0 Å². The second kappa shape index (κ2) is 10.4. The Morgan fingerprint density at radius 2 is 2.20 bits per heavy atom. The predicted molar refractivity (Wildman–Crippen MR) is 95.2 cm³/mol. The normalized spacial score (nSPS) is 16.6. The van der Waals surface area contributed by atoms with E-state index in [2.05, 4.69) is 37.4 Å². The number of ether oxygens (including phenoxy) is 1. The minimum absolute atomic E-state index is 0. The van der Waals surface area contributed by atoms with Crippen molar-refractivity contribution in [2.45, 2.75) is 6.54 Å². The zero-order valence-electron chi connectivity index (χ0n) is 11.8. The fourth-order valence-corrected chi connectivity index (χ4v) is 2.63. The van der Waals surface area contributed by atoms with Crippen LogP contribution in [-0.2, 0) is 11.3 Å². The molecule has 114 valence electrons. The zero-order chi connectivity index (χ0) is 13.3. The lowest BCUT2D eigenvalue weighted by molar-refractivity contribution is 0.0389. The molecule has 1 aliphatic rings. The van der Waals surface area contributed by atoms with Crippen molar-refractivity contribution in [3.05, 3.63) is 22.4 Å². The number of guanidine groups is 1. The first-order valence-corrected chi connectivity index (χ1v) is 7.58. The number of nitrogens with one attached hydrogen (secondary N) is 2. The second-order valence-electron chi connectivity index (χ2n) is 4.44. The molecule has 1 saturated heterocycles. The first-order chi connectivity index (χ1) is 9.38. The van der Waals surface area contributed by atoms with E-state index in [0.29, 0.717) is 0 Å². The molecular weight excluding hydrogens is 387 g/mol. The largest absolute Gasteiger partial charge is 0.379 e. The molecule has 1 aliphatic heterocycles.